The quantitative estimate of drug-likeness (QED) is 0.505. The summed E-state index contributed by atoms with van der Waals surface area (Å²) in [5.74, 6) is 0.0561. The van der Waals surface area contributed by atoms with Gasteiger partial charge in [0.05, 0.1) is 18.4 Å². The van der Waals surface area contributed by atoms with Gasteiger partial charge in [-0.15, -0.1) is 0 Å². The summed E-state index contributed by atoms with van der Waals surface area (Å²) in [5.41, 5.74) is 3.04. The van der Waals surface area contributed by atoms with E-state index in [2.05, 4.69) is 5.10 Å². The largest absolute Gasteiger partial charge is 0.423 e. The molecule has 4 rings (SSSR count). The Morgan fingerprint density at radius 3 is 2.71 bits per heavy atom. The van der Waals surface area contributed by atoms with Crippen LogP contribution in [0.15, 0.2) is 60.8 Å². The fourth-order valence-corrected chi connectivity index (χ4v) is 3.36. The molecule has 28 heavy (non-hydrogen) atoms. The molecule has 1 fully saturated rings. The van der Waals surface area contributed by atoms with Crippen molar-refractivity contribution >= 4 is 17.6 Å². The summed E-state index contributed by atoms with van der Waals surface area (Å²) in [4.78, 5) is 26.3. The number of aromatic nitrogens is 2. The molecule has 0 radical (unpaired) electrons. The van der Waals surface area contributed by atoms with Gasteiger partial charge < -0.3 is 9.64 Å². The van der Waals surface area contributed by atoms with Crippen LogP contribution in [0, 0.1) is 6.92 Å². The van der Waals surface area contributed by atoms with Gasteiger partial charge in [0.1, 0.15) is 11.3 Å². The van der Waals surface area contributed by atoms with E-state index in [-0.39, 0.29) is 5.91 Å². The summed E-state index contributed by atoms with van der Waals surface area (Å²) in [5, 5.41) is 4.33. The molecule has 1 aliphatic heterocycles. The molecule has 0 unspecified atom stereocenters. The smallest absolute Gasteiger partial charge is 0.347 e. The Kier molecular flexibility index (Phi) is 4.93. The first-order valence-electron chi connectivity index (χ1n) is 9.31. The third kappa shape index (κ3) is 3.67. The molecule has 1 amide bonds. The molecule has 6 nitrogen and oxygen atoms in total. The minimum atomic E-state index is -0.457. The van der Waals surface area contributed by atoms with E-state index in [1.165, 1.54) is 6.20 Å². The molecule has 1 aliphatic rings. The molecule has 6 heteroatoms. The Hall–Kier alpha value is -3.41. The van der Waals surface area contributed by atoms with Crippen LogP contribution in [-0.4, -0.2) is 28.2 Å². The van der Waals surface area contributed by atoms with Gasteiger partial charge in [0, 0.05) is 24.7 Å². The fourth-order valence-electron chi connectivity index (χ4n) is 3.36. The Labute approximate surface area is 163 Å². The van der Waals surface area contributed by atoms with Crippen LogP contribution in [0.1, 0.15) is 34.5 Å². The zero-order valence-electron chi connectivity index (χ0n) is 15.7. The van der Waals surface area contributed by atoms with Gasteiger partial charge in [-0.1, -0.05) is 36.4 Å². The van der Waals surface area contributed by atoms with E-state index in [1.807, 2.05) is 43.3 Å². The minimum Gasteiger partial charge on any atom is -0.423 e. The van der Waals surface area contributed by atoms with E-state index < -0.39 is 5.97 Å². The first kappa shape index (κ1) is 18.0. The molecule has 0 N–H and O–H groups in total. The lowest BCUT2D eigenvalue weighted by Gasteiger charge is -2.16. The summed E-state index contributed by atoms with van der Waals surface area (Å²) >= 11 is 0. The monoisotopic (exact) mass is 375 g/mol. The lowest BCUT2D eigenvalue weighted by Crippen LogP contribution is -2.23. The molecule has 3 aromatic rings. The van der Waals surface area contributed by atoms with E-state index in [1.54, 1.807) is 27.8 Å². The highest BCUT2D eigenvalue weighted by atomic mass is 16.5. The summed E-state index contributed by atoms with van der Waals surface area (Å²) in [6, 6.07) is 17.0. The van der Waals surface area contributed by atoms with Gasteiger partial charge in [-0.05, 0) is 31.0 Å². The Bertz CT molecular complexity index is 1010. The first-order valence-corrected chi connectivity index (χ1v) is 9.31. The van der Waals surface area contributed by atoms with Gasteiger partial charge in [0.2, 0.25) is 5.91 Å². The van der Waals surface area contributed by atoms with E-state index in [9.17, 15) is 9.59 Å². The molecule has 1 saturated heterocycles. The lowest BCUT2D eigenvalue weighted by molar-refractivity contribution is -0.117. The van der Waals surface area contributed by atoms with Gasteiger partial charge in [0.15, 0.2) is 0 Å². The SMILES string of the molecule is Cc1c(C(=O)Oc2cccc(N3CCCC3=O)c2)cnn1Cc1ccccc1. The Morgan fingerprint density at radius 1 is 1.14 bits per heavy atom. The number of esters is 1. The number of hydrogen-bond acceptors (Lipinski definition) is 4. The van der Waals surface area contributed by atoms with Crippen molar-refractivity contribution in [1.29, 1.82) is 0 Å². The van der Waals surface area contributed by atoms with Crippen LogP contribution in [-0.2, 0) is 11.3 Å². The van der Waals surface area contributed by atoms with Crippen LogP contribution in [0.2, 0.25) is 0 Å². The minimum absolute atomic E-state index is 0.0986. The van der Waals surface area contributed by atoms with Gasteiger partial charge in [-0.3, -0.25) is 9.48 Å². The normalized spacial score (nSPS) is 13.8. The van der Waals surface area contributed by atoms with Crippen molar-refractivity contribution in [2.45, 2.75) is 26.3 Å². The van der Waals surface area contributed by atoms with Crippen LogP contribution in [0.3, 0.4) is 0 Å². The summed E-state index contributed by atoms with van der Waals surface area (Å²) in [7, 11) is 0. The van der Waals surface area contributed by atoms with E-state index in [0.29, 0.717) is 30.8 Å². The van der Waals surface area contributed by atoms with Crippen LogP contribution < -0.4 is 9.64 Å². The second kappa shape index (κ2) is 7.68. The average molecular weight is 375 g/mol. The van der Waals surface area contributed by atoms with E-state index in [4.69, 9.17) is 4.74 Å². The number of ether oxygens (including phenoxy) is 1. The standard InChI is InChI=1S/C22H21N3O3/c1-16-20(14-23-25(16)15-17-7-3-2-4-8-17)22(27)28-19-10-5-9-18(13-19)24-12-6-11-21(24)26/h2-5,7-10,13-14H,6,11-12,15H2,1H3. The first-order chi connectivity index (χ1) is 13.6. The number of carbonyl (C=O) groups is 2. The average Bonchev–Trinajstić information content (AvgIpc) is 3.29. The van der Waals surface area contributed by atoms with Crippen molar-refractivity contribution < 1.29 is 14.3 Å². The zero-order chi connectivity index (χ0) is 19.5. The summed E-state index contributed by atoms with van der Waals surface area (Å²) in [6.45, 7) is 3.14. The number of hydrogen-bond donors (Lipinski definition) is 0. The molecule has 2 heterocycles. The third-order valence-corrected chi connectivity index (χ3v) is 4.91. The number of rotatable bonds is 5. The van der Waals surface area contributed by atoms with Crippen molar-refractivity contribution in [3.05, 3.63) is 77.6 Å². The zero-order valence-corrected chi connectivity index (χ0v) is 15.7. The van der Waals surface area contributed by atoms with Crippen molar-refractivity contribution in [3.63, 3.8) is 0 Å². The highest BCUT2D eigenvalue weighted by Gasteiger charge is 2.22. The number of anilines is 1. The van der Waals surface area contributed by atoms with Crippen LogP contribution in [0.25, 0.3) is 0 Å². The number of carbonyl (C=O) groups excluding carboxylic acids is 2. The topological polar surface area (TPSA) is 64.4 Å². The predicted octanol–water partition coefficient (Wildman–Crippen LogP) is 3.59. The van der Waals surface area contributed by atoms with Crippen molar-refractivity contribution in [2.24, 2.45) is 0 Å². The molecule has 142 valence electrons. The van der Waals surface area contributed by atoms with Crippen LogP contribution >= 0.6 is 0 Å². The molecule has 2 aromatic carbocycles. The molecule has 0 bridgehead atoms. The van der Waals surface area contributed by atoms with Gasteiger partial charge in [0.25, 0.3) is 0 Å². The maximum absolute atomic E-state index is 12.6. The number of benzene rings is 2. The van der Waals surface area contributed by atoms with Crippen molar-refractivity contribution in [3.8, 4) is 5.75 Å². The Morgan fingerprint density at radius 2 is 1.96 bits per heavy atom. The highest BCUT2D eigenvalue weighted by Crippen LogP contribution is 2.26. The van der Waals surface area contributed by atoms with Crippen LogP contribution in [0.4, 0.5) is 5.69 Å². The third-order valence-electron chi connectivity index (χ3n) is 4.91. The molecule has 0 spiro atoms. The maximum Gasteiger partial charge on any atom is 0.347 e. The molecule has 0 saturated carbocycles. The van der Waals surface area contributed by atoms with Gasteiger partial charge in [-0.25, -0.2) is 4.79 Å². The number of nitrogens with zero attached hydrogens (tertiary/aromatic N) is 3. The summed E-state index contributed by atoms with van der Waals surface area (Å²) < 4.78 is 7.33. The fraction of sp³-hybridized carbons (Fsp3) is 0.227. The predicted molar refractivity (Wildman–Crippen MR) is 105 cm³/mol. The Balaban J connectivity index is 1.49. The lowest BCUT2D eigenvalue weighted by atomic mass is 10.2. The molecule has 0 atom stereocenters. The molecular weight excluding hydrogens is 354 g/mol. The summed E-state index contributed by atoms with van der Waals surface area (Å²) in [6.07, 6.45) is 2.95. The molecule has 1 aromatic heterocycles. The van der Waals surface area contributed by atoms with Gasteiger partial charge in [-0.2, -0.15) is 5.10 Å². The van der Waals surface area contributed by atoms with E-state index >= 15 is 0 Å². The maximum atomic E-state index is 12.6. The van der Waals surface area contributed by atoms with Crippen molar-refractivity contribution in [2.75, 3.05) is 11.4 Å². The highest BCUT2D eigenvalue weighted by molar-refractivity contribution is 5.96. The van der Waals surface area contributed by atoms with Gasteiger partial charge >= 0.3 is 5.97 Å². The second-order valence-corrected chi connectivity index (χ2v) is 6.82. The van der Waals surface area contributed by atoms with E-state index in [0.717, 1.165) is 23.4 Å². The molecular formula is C22H21N3O3. The second-order valence-electron chi connectivity index (χ2n) is 6.82. The van der Waals surface area contributed by atoms with Crippen molar-refractivity contribution in [1.82, 2.24) is 9.78 Å². The van der Waals surface area contributed by atoms with Crippen LogP contribution in [0.5, 0.6) is 5.75 Å². The number of amides is 1. The molecule has 0 aliphatic carbocycles.